The monoisotopic (exact) mass is 561 g/mol. The maximum absolute atomic E-state index is 13.1. The first-order valence-corrected chi connectivity index (χ1v) is 14.3. The molecule has 4 aromatic rings. The van der Waals surface area contributed by atoms with Gasteiger partial charge in [0.15, 0.2) is 0 Å². The van der Waals surface area contributed by atoms with Gasteiger partial charge in [-0.3, -0.25) is 0 Å². The third kappa shape index (κ3) is 7.30. The van der Waals surface area contributed by atoms with E-state index in [1.165, 1.54) is 25.3 Å². The molecule has 4 rings (SSSR count). The molecule has 210 valence electrons. The Morgan fingerprint density at radius 3 is 1.40 bits per heavy atom. The van der Waals surface area contributed by atoms with Crippen molar-refractivity contribution in [3.8, 4) is 29.0 Å². The number of nitrogens with one attached hydrogen (secondary N) is 1. The van der Waals surface area contributed by atoms with E-state index in [1.807, 2.05) is 48.5 Å². The zero-order chi connectivity index (χ0) is 29.1. The van der Waals surface area contributed by atoms with Gasteiger partial charge < -0.3 is 14.2 Å². The Balaban J connectivity index is 1.66. The molecule has 0 atom stereocenters. The van der Waals surface area contributed by atoms with Crippen molar-refractivity contribution in [2.24, 2.45) is 0 Å². The van der Waals surface area contributed by atoms with Crippen molar-refractivity contribution in [3.05, 3.63) is 90.0 Å². The quantitative estimate of drug-likeness (QED) is 0.238. The number of anilines is 1. The van der Waals surface area contributed by atoms with Crippen LogP contribution in [0.25, 0.3) is 0 Å². The first-order valence-electron chi connectivity index (χ1n) is 12.9. The lowest BCUT2D eigenvalue weighted by Gasteiger charge is -2.19. The Hall–Kier alpha value is -4.11. The van der Waals surface area contributed by atoms with Crippen LogP contribution in [0.3, 0.4) is 0 Å². The first-order chi connectivity index (χ1) is 18.7. The molecule has 0 spiro atoms. The SMILES string of the molecule is COc1ccc(S(=O)(=O)Nc2nc(Oc3ccc(C(C)(C)C)cc3)cc(Oc3ccc(C(C)(C)C)cc3)n2)cc1. The van der Waals surface area contributed by atoms with Gasteiger partial charge in [-0.2, -0.15) is 9.97 Å². The highest BCUT2D eigenvalue weighted by atomic mass is 32.2. The third-order valence-electron chi connectivity index (χ3n) is 6.16. The highest BCUT2D eigenvalue weighted by molar-refractivity contribution is 7.92. The molecule has 1 heterocycles. The minimum atomic E-state index is -4.00. The van der Waals surface area contributed by atoms with Crippen molar-refractivity contribution in [3.63, 3.8) is 0 Å². The summed E-state index contributed by atoms with van der Waals surface area (Å²) in [5.74, 6) is 1.66. The fraction of sp³-hybridized carbons (Fsp3) is 0.290. The average molecular weight is 562 g/mol. The Bertz CT molecular complexity index is 1480. The summed E-state index contributed by atoms with van der Waals surface area (Å²) in [5, 5.41) is 0. The van der Waals surface area contributed by atoms with Crippen LogP contribution in [0.15, 0.2) is 83.8 Å². The second-order valence-corrected chi connectivity index (χ2v) is 13.1. The van der Waals surface area contributed by atoms with E-state index in [9.17, 15) is 8.42 Å². The van der Waals surface area contributed by atoms with Crippen molar-refractivity contribution >= 4 is 16.0 Å². The van der Waals surface area contributed by atoms with Gasteiger partial charge >= 0.3 is 0 Å². The van der Waals surface area contributed by atoms with Crippen LogP contribution < -0.4 is 18.9 Å². The van der Waals surface area contributed by atoms with E-state index in [0.717, 1.165) is 11.1 Å². The third-order valence-corrected chi connectivity index (χ3v) is 7.50. The predicted octanol–water partition coefficient (Wildman–Crippen LogP) is 7.47. The number of aromatic nitrogens is 2. The maximum atomic E-state index is 13.1. The minimum Gasteiger partial charge on any atom is -0.497 e. The number of rotatable bonds is 8. The van der Waals surface area contributed by atoms with Crippen LogP contribution in [0.4, 0.5) is 5.95 Å². The van der Waals surface area contributed by atoms with Gasteiger partial charge in [0.05, 0.1) is 18.1 Å². The Labute approximate surface area is 236 Å². The smallest absolute Gasteiger partial charge is 0.264 e. The minimum absolute atomic E-state index is 0.0100. The van der Waals surface area contributed by atoms with Crippen LogP contribution in [0, 0.1) is 0 Å². The standard InChI is InChI=1S/C31H35N3O5S/c1-30(2,3)21-8-12-24(13-9-21)38-27-20-28(39-25-14-10-22(11-15-25)31(4,5)6)33-29(32-27)34-40(35,36)26-18-16-23(37-7)17-19-26/h8-20H,1-7H3,(H,32,33,34). The molecule has 9 heteroatoms. The molecule has 0 amide bonds. The molecule has 1 aromatic heterocycles. The van der Waals surface area contributed by atoms with Crippen LogP contribution in [0.2, 0.25) is 0 Å². The summed E-state index contributed by atoms with van der Waals surface area (Å²) in [6.45, 7) is 12.8. The molecule has 0 unspecified atom stereocenters. The summed E-state index contributed by atoms with van der Waals surface area (Å²) in [7, 11) is -2.49. The van der Waals surface area contributed by atoms with Crippen molar-refractivity contribution in [1.82, 2.24) is 9.97 Å². The molecule has 0 radical (unpaired) electrons. The molecule has 40 heavy (non-hydrogen) atoms. The lowest BCUT2D eigenvalue weighted by Crippen LogP contribution is -2.15. The van der Waals surface area contributed by atoms with Gasteiger partial charge in [-0.05, 0) is 70.5 Å². The lowest BCUT2D eigenvalue weighted by atomic mass is 9.87. The largest absolute Gasteiger partial charge is 0.497 e. The van der Waals surface area contributed by atoms with Gasteiger partial charge in [-0.25, -0.2) is 13.1 Å². The van der Waals surface area contributed by atoms with Crippen molar-refractivity contribution in [2.75, 3.05) is 11.8 Å². The normalized spacial score (nSPS) is 12.1. The molecule has 8 nitrogen and oxygen atoms in total. The predicted molar refractivity (Wildman–Crippen MR) is 156 cm³/mol. The van der Waals surface area contributed by atoms with Crippen LogP contribution >= 0.6 is 0 Å². The fourth-order valence-corrected chi connectivity index (χ4v) is 4.72. The van der Waals surface area contributed by atoms with Gasteiger partial charge in [-0.1, -0.05) is 65.8 Å². The summed E-state index contributed by atoms with van der Waals surface area (Å²) in [6.07, 6.45) is 0. The Kier molecular flexibility index (Phi) is 8.07. The first kappa shape index (κ1) is 28.9. The molecule has 0 saturated heterocycles. The zero-order valence-electron chi connectivity index (χ0n) is 23.8. The molecule has 0 fully saturated rings. The van der Waals surface area contributed by atoms with E-state index >= 15 is 0 Å². The molecular formula is C31H35N3O5S. The van der Waals surface area contributed by atoms with Gasteiger partial charge in [0, 0.05) is 0 Å². The van der Waals surface area contributed by atoms with Crippen molar-refractivity contribution < 1.29 is 22.6 Å². The topological polar surface area (TPSA) is 99.6 Å². The molecule has 3 aromatic carbocycles. The molecule has 1 N–H and O–H groups in total. The van der Waals surface area contributed by atoms with Gasteiger partial charge in [-0.15, -0.1) is 0 Å². The van der Waals surface area contributed by atoms with Gasteiger partial charge in [0.25, 0.3) is 10.0 Å². The molecule has 0 aliphatic rings. The summed E-state index contributed by atoms with van der Waals surface area (Å²) in [6, 6.07) is 22.8. The number of hydrogen-bond donors (Lipinski definition) is 1. The Morgan fingerprint density at radius 2 is 1.02 bits per heavy atom. The number of ether oxygens (including phenoxy) is 3. The van der Waals surface area contributed by atoms with E-state index in [1.54, 1.807) is 12.1 Å². The van der Waals surface area contributed by atoms with Crippen LogP contribution in [-0.2, 0) is 20.9 Å². The Morgan fingerprint density at radius 1 is 0.625 bits per heavy atom. The second-order valence-electron chi connectivity index (χ2n) is 11.4. The number of hydrogen-bond acceptors (Lipinski definition) is 7. The zero-order valence-corrected chi connectivity index (χ0v) is 24.7. The number of sulfonamides is 1. The molecule has 0 aliphatic heterocycles. The van der Waals surface area contributed by atoms with Gasteiger partial charge in [0.1, 0.15) is 17.2 Å². The highest BCUT2D eigenvalue weighted by Gasteiger charge is 2.19. The molecule has 0 saturated carbocycles. The summed E-state index contributed by atoms with van der Waals surface area (Å²) in [4.78, 5) is 8.64. The molecule has 0 bridgehead atoms. The van der Waals surface area contributed by atoms with Crippen molar-refractivity contribution in [2.45, 2.75) is 57.3 Å². The van der Waals surface area contributed by atoms with E-state index in [4.69, 9.17) is 14.2 Å². The maximum Gasteiger partial charge on any atom is 0.264 e. The molecular weight excluding hydrogens is 526 g/mol. The van der Waals surface area contributed by atoms with Crippen LogP contribution in [0.5, 0.6) is 29.0 Å². The number of nitrogens with zero attached hydrogens (tertiary/aromatic N) is 2. The van der Waals surface area contributed by atoms with E-state index in [-0.39, 0.29) is 33.4 Å². The van der Waals surface area contributed by atoms with Crippen molar-refractivity contribution in [1.29, 1.82) is 0 Å². The average Bonchev–Trinajstić information content (AvgIpc) is 2.88. The van der Waals surface area contributed by atoms with Crippen LogP contribution in [-0.4, -0.2) is 25.5 Å². The van der Waals surface area contributed by atoms with E-state index < -0.39 is 10.0 Å². The van der Waals surface area contributed by atoms with E-state index in [0.29, 0.717) is 17.2 Å². The van der Waals surface area contributed by atoms with Gasteiger partial charge in [0.2, 0.25) is 17.7 Å². The lowest BCUT2D eigenvalue weighted by molar-refractivity contribution is 0.414. The summed E-state index contributed by atoms with van der Waals surface area (Å²) in [5.41, 5.74) is 2.28. The number of methoxy groups -OCH3 is 1. The summed E-state index contributed by atoms with van der Waals surface area (Å²) < 4.78 is 45.7. The molecule has 0 aliphatic carbocycles. The van der Waals surface area contributed by atoms with Crippen LogP contribution in [0.1, 0.15) is 52.7 Å². The second kappa shape index (κ2) is 11.2. The fourth-order valence-electron chi connectivity index (χ4n) is 3.78. The number of benzene rings is 3. The van der Waals surface area contributed by atoms with E-state index in [2.05, 4.69) is 56.2 Å². The summed E-state index contributed by atoms with van der Waals surface area (Å²) >= 11 is 0. The highest BCUT2D eigenvalue weighted by Crippen LogP contribution is 2.31.